The average molecular weight is 362 g/mol. The average Bonchev–Trinajstić information content (AvgIpc) is 2.47. The zero-order valence-corrected chi connectivity index (χ0v) is 14.4. The van der Waals surface area contributed by atoms with Crippen molar-refractivity contribution in [1.82, 2.24) is 4.98 Å². The maximum absolute atomic E-state index is 12.3. The van der Waals surface area contributed by atoms with Gasteiger partial charge in [0, 0.05) is 28.5 Å². The van der Waals surface area contributed by atoms with Gasteiger partial charge in [-0.25, -0.2) is 4.98 Å². The molecule has 0 saturated carbocycles. The van der Waals surface area contributed by atoms with Gasteiger partial charge in [-0.3, -0.25) is 4.79 Å². The van der Waals surface area contributed by atoms with E-state index in [9.17, 15) is 4.79 Å². The largest absolute Gasteiger partial charge is 0.370 e. The second-order valence-corrected chi connectivity index (χ2v) is 6.42. The lowest BCUT2D eigenvalue weighted by Gasteiger charge is -2.09. The lowest BCUT2D eigenvalue weighted by Crippen LogP contribution is -2.13. The van der Waals surface area contributed by atoms with Gasteiger partial charge in [-0.1, -0.05) is 35.8 Å². The Morgan fingerprint density at radius 2 is 2.09 bits per heavy atom. The van der Waals surface area contributed by atoms with Gasteiger partial charge in [0.1, 0.15) is 5.82 Å². The van der Waals surface area contributed by atoms with E-state index in [2.05, 4.69) is 45.4 Å². The second-order valence-electron chi connectivity index (χ2n) is 5.50. The van der Waals surface area contributed by atoms with E-state index < -0.39 is 0 Å². The minimum absolute atomic E-state index is 0.146. The number of aromatic nitrogens is 1. The van der Waals surface area contributed by atoms with Crippen LogP contribution in [0.15, 0.2) is 47.1 Å². The SMILES string of the molecule is CC(C)CCNc1cc(C(=O)Nc2cccc(Br)c2)ccn1. The van der Waals surface area contributed by atoms with Crippen LogP contribution in [0.5, 0.6) is 0 Å². The minimum atomic E-state index is -0.146. The summed E-state index contributed by atoms with van der Waals surface area (Å²) in [7, 11) is 0. The van der Waals surface area contributed by atoms with Gasteiger partial charge in [0.05, 0.1) is 0 Å². The first-order chi connectivity index (χ1) is 10.5. The van der Waals surface area contributed by atoms with Crippen LogP contribution in [0.4, 0.5) is 11.5 Å². The number of halogens is 1. The number of hydrogen-bond donors (Lipinski definition) is 2. The van der Waals surface area contributed by atoms with Crippen LogP contribution in [0.2, 0.25) is 0 Å². The molecule has 4 nitrogen and oxygen atoms in total. The number of benzene rings is 1. The zero-order chi connectivity index (χ0) is 15.9. The van der Waals surface area contributed by atoms with Crippen molar-refractivity contribution in [3.63, 3.8) is 0 Å². The summed E-state index contributed by atoms with van der Waals surface area (Å²) in [5.41, 5.74) is 1.34. The lowest BCUT2D eigenvalue weighted by atomic mass is 10.1. The van der Waals surface area contributed by atoms with E-state index in [1.54, 1.807) is 18.3 Å². The normalized spacial score (nSPS) is 10.5. The number of amides is 1. The molecule has 0 spiro atoms. The Kier molecular flexibility index (Phi) is 5.95. The number of rotatable bonds is 6. The van der Waals surface area contributed by atoms with E-state index in [0.717, 1.165) is 28.9 Å². The monoisotopic (exact) mass is 361 g/mol. The molecule has 0 aliphatic rings. The van der Waals surface area contributed by atoms with Crippen LogP contribution < -0.4 is 10.6 Å². The molecule has 116 valence electrons. The van der Waals surface area contributed by atoms with Gasteiger partial charge in [-0.2, -0.15) is 0 Å². The summed E-state index contributed by atoms with van der Waals surface area (Å²) < 4.78 is 0.927. The molecule has 0 bridgehead atoms. The molecule has 0 radical (unpaired) electrons. The number of hydrogen-bond acceptors (Lipinski definition) is 3. The molecule has 1 aromatic heterocycles. The van der Waals surface area contributed by atoms with Crippen LogP contribution in [0.1, 0.15) is 30.6 Å². The summed E-state index contributed by atoms with van der Waals surface area (Å²) in [6, 6.07) is 11.0. The fourth-order valence-electron chi connectivity index (χ4n) is 1.93. The van der Waals surface area contributed by atoms with Crippen LogP contribution in [0.25, 0.3) is 0 Å². The van der Waals surface area contributed by atoms with Gasteiger partial charge in [-0.15, -0.1) is 0 Å². The third-order valence-electron chi connectivity index (χ3n) is 3.13. The first kappa shape index (κ1) is 16.5. The Balaban J connectivity index is 2.00. The van der Waals surface area contributed by atoms with E-state index in [4.69, 9.17) is 0 Å². The van der Waals surface area contributed by atoms with Crippen molar-refractivity contribution in [2.24, 2.45) is 5.92 Å². The van der Waals surface area contributed by atoms with Crippen molar-refractivity contribution < 1.29 is 4.79 Å². The van der Waals surface area contributed by atoms with Crippen molar-refractivity contribution >= 4 is 33.3 Å². The molecule has 0 fully saturated rings. The Morgan fingerprint density at radius 3 is 2.82 bits per heavy atom. The van der Waals surface area contributed by atoms with Crippen LogP contribution in [-0.4, -0.2) is 17.4 Å². The van der Waals surface area contributed by atoms with E-state index in [-0.39, 0.29) is 5.91 Å². The fraction of sp³-hybridized carbons (Fsp3) is 0.294. The molecule has 0 unspecified atom stereocenters. The summed E-state index contributed by atoms with van der Waals surface area (Å²) in [4.78, 5) is 16.5. The third-order valence-corrected chi connectivity index (χ3v) is 3.63. The molecule has 2 N–H and O–H groups in total. The van der Waals surface area contributed by atoms with Crippen molar-refractivity contribution in [3.8, 4) is 0 Å². The van der Waals surface area contributed by atoms with Gasteiger partial charge < -0.3 is 10.6 Å². The van der Waals surface area contributed by atoms with Crippen LogP contribution >= 0.6 is 15.9 Å². The fourth-order valence-corrected chi connectivity index (χ4v) is 2.33. The molecule has 0 aliphatic heterocycles. The molecule has 1 amide bonds. The van der Waals surface area contributed by atoms with E-state index in [1.165, 1.54) is 0 Å². The number of anilines is 2. The first-order valence-electron chi connectivity index (χ1n) is 7.31. The molecule has 0 saturated heterocycles. The highest BCUT2D eigenvalue weighted by Gasteiger charge is 2.07. The van der Waals surface area contributed by atoms with Gasteiger partial charge in [0.2, 0.25) is 0 Å². The molecule has 0 aliphatic carbocycles. The van der Waals surface area contributed by atoms with Crippen molar-refractivity contribution in [1.29, 1.82) is 0 Å². The highest BCUT2D eigenvalue weighted by Crippen LogP contribution is 2.17. The molecule has 2 rings (SSSR count). The van der Waals surface area contributed by atoms with Gasteiger partial charge in [-0.05, 0) is 42.7 Å². The maximum Gasteiger partial charge on any atom is 0.255 e. The predicted molar refractivity (Wildman–Crippen MR) is 94.3 cm³/mol. The summed E-state index contributed by atoms with van der Waals surface area (Å²) in [6.07, 6.45) is 2.71. The molecular weight excluding hydrogens is 342 g/mol. The molecule has 22 heavy (non-hydrogen) atoms. The summed E-state index contributed by atoms with van der Waals surface area (Å²) in [5, 5.41) is 6.12. The number of nitrogens with zero attached hydrogens (tertiary/aromatic N) is 1. The smallest absolute Gasteiger partial charge is 0.255 e. The van der Waals surface area contributed by atoms with Gasteiger partial charge in [0.25, 0.3) is 5.91 Å². The lowest BCUT2D eigenvalue weighted by molar-refractivity contribution is 0.102. The Bertz CT molecular complexity index is 643. The summed E-state index contributed by atoms with van der Waals surface area (Å²) >= 11 is 3.39. The second kappa shape index (κ2) is 7.94. The standard InChI is InChI=1S/C17H20BrN3O/c1-12(2)6-8-19-16-10-13(7-9-20-16)17(22)21-15-5-3-4-14(18)11-15/h3-5,7,9-12H,6,8H2,1-2H3,(H,19,20)(H,21,22). The molecule has 5 heteroatoms. The number of carbonyl (C=O) groups is 1. The van der Waals surface area contributed by atoms with Crippen molar-refractivity contribution in [2.75, 3.05) is 17.2 Å². The topological polar surface area (TPSA) is 54.0 Å². The molecule has 2 aromatic rings. The highest BCUT2D eigenvalue weighted by atomic mass is 79.9. The van der Waals surface area contributed by atoms with Crippen LogP contribution in [0.3, 0.4) is 0 Å². The Labute approximate surface area is 139 Å². The number of pyridine rings is 1. The Hall–Kier alpha value is -1.88. The van der Waals surface area contributed by atoms with E-state index >= 15 is 0 Å². The van der Waals surface area contributed by atoms with Crippen LogP contribution in [-0.2, 0) is 0 Å². The predicted octanol–water partition coefficient (Wildman–Crippen LogP) is 4.55. The van der Waals surface area contributed by atoms with Crippen molar-refractivity contribution in [3.05, 3.63) is 52.6 Å². The number of carbonyl (C=O) groups excluding carboxylic acids is 1. The zero-order valence-electron chi connectivity index (χ0n) is 12.8. The highest BCUT2D eigenvalue weighted by molar-refractivity contribution is 9.10. The first-order valence-corrected chi connectivity index (χ1v) is 8.11. The number of nitrogens with one attached hydrogen (secondary N) is 2. The van der Waals surface area contributed by atoms with Gasteiger partial charge in [0.15, 0.2) is 0 Å². The van der Waals surface area contributed by atoms with Crippen LogP contribution in [0, 0.1) is 5.92 Å². The van der Waals surface area contributed by atoms with Crippen molar-refractivity contribution in [2.45, 2.75) is 20.3 Å². The maximum atomic E-state index is 12.3. The quantitative estimate of drug-likeness (QED) is 0.792. The summed E-state index contributed by atoms with van der Waals surface area (Å²) in [5.74, 6) is 1.21. The third kappa shape index (κ3) is 5.15. The summed E-state index contributed by atoms with van der Waals surface area (Å²) in [6.45, 7) is 5.20. The molecule has 1 aromatic carbocycles. The minimum Gasteiger partial charge on any atom is -0.370 e. The Morgan fingerprint density at radius 1 is 1.27 bits per heavy atom. The van der Waals surface area contributed by atoms with Gasteiger partial charge >= 0.3 is 0 Å². The molecule has 0 atom stereocenters. The molecule has 1 heterocycles. The van der Waals surface area contributed by atoms with E-state index in [1.807, 2.05) is 24.3 Å². The molecular formula is C17H20BrN3O. The van der Waals surface area contributed by atoms with E-state index in [0.29, 0.717) is 11.5 Å².